The van der Waals surface area contributed by atoms with Crippen LogP contribution in [0.4, 0.5) is 5.82 Å². The van der Waals surface area contributed by atoms with E-state index in [1.807, 2.05) is 26.0 Å². The van der Waals surface area contributed by atoms with Crippen LogP contribution in [0.5, 0.6) is 0 Å². The number of carboxylic acids is 1. The third kappa shape index (κ3) is 2.76. The van der Waals surface area contributed by atoms with Crippen LogP contribution in [0, 0.1) is 13.8 Å². The second-order valence-electron chi connectivity index (χ2n) is 4.67. The monoisotopic (exact) mass is 259 g/mol. The number of carbonyl (C=O) groups is 1. The minimum absolute atomic E-state index is 0.0551. The van der Waals surface area contributed by atoms with E-state index in [1.54, 1.807) is 0 Å². The van der Waals surface area contributed by atoms with Gasteiger partial charge in [-0.1, -0.05) is 23.8 Å². The summed E-state index contributed by atoms with van der Waals surface area (Å²) in [6.07, 6.45) is 0.446. The quantitative estimate of drug-likeness (QED) is 0.785. The van der Waals surface area contributed by atoms with Gasteiger partial charge in [0.15, 0.2) is 5.82 Å². The Morgan fingerprint density at radius 2 is 2.16 bits per heavy atom. The van der Waals surface area contributed by atoms with Crippen LogP contribution in [0.1, 0.15) is 23.2 Å². The molecule has 0 amide bonds. The Bertz CT molecular complexity index is 617. The highest BCUT2D eigenvalue weighted by atomic mass is 16.4. The lowest BCUT2D eigenvalue weighted by molar-refractivity contribution is -0.136. The molecule has 0 aliphatic heterocycles. The zero-order valence-corrected chi connectivity index (χ0v) is 11.0. The minimum Gasteiger partial charge on any atom is -0.481 e. The first kappa shape index (κ1) is 13.1. The van der Waals surface area contributed by atoms with Gasteiger partial charge in [0, 0.05) is 17.7 Å². The molecule has 0 fully saturated rings. The Morgan fingerprint density at radius 1 is 1.42 bits per heavy atom. The van der Waals surface area contributed by atoms with Gasteiger partial charge in [-0.25, -0.2) is 0 Å². The number of aryl methyl sites for hydroxylation is 3. The molecule has 19 heavy (non-hydrogen) atoms. The maximum Gasteiger partial charge on any atom is 0.303 e. The highest BCUT2D eigenvalue weighted by Gasteiger charge is 2.15. The highest BCUT2D eigenvalue weighted by Crippen LogP contribution is 2.31. The molecule has 0 aliphatic rings. The van der Waals surface area contributed by atoms with Crippen LogP contribution in [0.25, 0.3) is 11.1 Å². The standard InChI is InChI=1S/C14H17N3O2/c1-8-3-4-10(9(2)7-8)13-11(5-6-12(18)19)16-17-14(13)15/h3-4,7H,5-6H2,1-2H3,(H,18,19)(H3,15,16,17). The van der Waals surface area contributed by atoms with Gasteiger partial charge < -0.3 is 10.8 Å². The summed E-state index contributed by atoms with van der Waals surface area (Å²) in [7, 11) is 0. The van der Waals surface area contributed by atoms with Gasteiger partial charge in [0.1, 0.15) is 0 Å². The van der Waals surface area contributed by atoms with E-state index in [4.69, 9.17) is 10.8 Å². The number of nitrogens with two attached hydrogens (primary N) is 1. The van der Waals surface area contributed by atoms with Crippen molar-refractivity contribution in [1.82, 2.24) is 10.2 Å². The van der Waals surface area contributed by atoms with Gasteiger partial charge >= 0.3 is 5.97 Å². The molecule has 1 heterocycles. The van der Waals surface area contributed by atoms with Crippen molar-refractivity contribution in [3.63, 3.8) is 0 Å². The summed E-state index contributed by atoms with van der Waals surface area (Å²) in [6, 6.07) is 6.08. The number of rotatable bonds is 4. The van der Waals surface area contributed by atoms with E-state index in [-0.39, 0.29) is 6.42 Å². The average Bonchev–Trinajstić information content (AvgIpc) is 2.68. The lowest BCUT2D eigenvalue weighted by Gasteiger charge is -2.08. The lowest BCUT2D eigenvalue weighted by Crippen LogP contribution is -2.00. The van der Waals surface area contributed by atoms with E-state index in [0.29, 0.717) is 12.2 Å². The fourth-order valence-electron chi connectivity index (χ4n) is 2.20. The Hall–Kier alpha value is -2.30. The van der Waals surface area contributed by atoms with E-state index in [2.05, 4.69) is 16.3 Å². The number of benzene rings is 1. The number of anilines is 1. The Kier molecular flexibility index (Phi) is 3.55. The summed E-state index contributed by atoms with van der Waals surface area (Å²) >= 11 is 0. The topological polar surface area (TPSA) is 92.0 Å². The van der Waals surface area contributed by atoms with Gasteiger partial charge in [-0.15, -0.1) is 0 Å². The zero-order chi connectivity index (χ0) is 14.0. The molecule has 0 saturated carbocycles. The van der Waals surface area contributed by atoms with Gasteiger partial charge in [-0.3, -0.25) is 9.89 Å². The van der Waals surface area contributed by atoms with Crippen LogP contribution in [0.3, 0.4) is 0 Å². The molecule has 2 rings (SSSR count). The van der Waals surface area contributed by atoms with E-state index in [9.17, 15) is 4.79 Å². The molecule has 0 unspecified atom stereocenters. The Labute approximate surface area is 111 Å². The SMILES string of the molecule is Cc1ccc(-c2c(N)n[nH]c2CCC(=O)O)c(C)c1. The van der Waals surface area contributed by atoms with Crippen molar-refractivity contribution in [2.24, 2.45) is 0 Å². The number of nitrogen functional groups attached to an aromatic ring is 1. The maximum absolute atomic E-state index is 10.7. The van der Waals surface area contributed by atoms with E-state index in [0.717, 1.165) is 22.4 Å². The van der Waals surface area contributed by atoms with Crippen molar-refractivity contribution in [3.8, 4) is 11.1 Å². The number of aliphatic carboxylic acids is 1. The van der Waals surface area contributed by atoms with Crippen LogP contribution in [0.15, 0.2) is 18.2 Å². The Balaban J connectivity index is 2.43. The van der Waals surface area contributed by atoms with Crippen molar-refractivity contribution in [2.45, 2.75) is 26.7 Å². The molecule has 2 aromatic rings. The van der Waals surface area contributed by atoms with E-state index < -0.39 is 5.97 Å². The van der Waals surface area contributed by atoms with Crippen LogP contribution in [-0.2, 0) is 11.2 Å². The number of hydrogen-bond donors (Lipinski definition) is 3. The molecule has 0 spiro atoms. The molecular weight excluding hydrogens is 242 g/mol. The average molecular weight is 259 g/mol. The molecule has 0 saturated heterocycles. The second kappa shape index (κ2) is 5.14. The zero-order valence-electron chi connectivity index (χ0n) is 11.0. The number of hydrogen-bond acceptors (Lipinski definition) is 3. The van der Waals surface area contributed by atoms with Crippen LogP contribution in [0.2, 0.25) is 0 Å². The molecule has 1 aromatic carbocycles. The Morgan fingerprint density at radius 3 is 2.79 bits per heavy atom. The van der Waals surface area contributed by atoms with E-state index in [1.165, 1.54) is 5.56 Å². The fraction of sp³-hybridized carbons (Fsp3) is 0.286. The number of aromatic amines is 1. The van der Waals surface area contributed by atoms with Gasteiger partial charge in [0.25, 0.3) is 0 Å². The molecule has 0 radical (unpaired) electrons. The molecule has 5 nitrogen and oxygen atoms in total. The highest BCUT2D eigenvalue weighted by molar-refractivity contribution is 5.79. The molecule has 0 aliphatic carbocycles. The predicted molar refractivity (Wildman–Crippen MR) is 73.9 cm³/mol. The first-order valence-corrected chi connectivity index (χ1v) is 6.11. The normalized spacial score (nSPS) is 10.6. The van der Waals surface area contributed by atoms with Crippen molar-refractivity contribution >= 4 is 11.8 Å². The predicted octanol–water partition coefficient (Wildman–Crippen LogP) is 2.29. The first-order valence-electron chi connectivity index (χ1n) is 6.11. The van der Waals surface area contributed by atoms with Gasteiger partial charge in [0.05, 0.1) is 6.42 Å². The third-order valence-corrected chi connectivity index (χ3v) is 3.11. The summed E-state index contributed by atoms with van der Waals surface area (Å²) in [5.74, 6) is -0.424. The number of H-pyrrole nitrogens is 1. The van der Waals surface area contributed by atoms with E-state index >= 15 is 0 Å². The van der Waals surface area contributed by atoms with Crippen LogP contribution >= 0.6 is 0 Å². The minimum atomic E-state index is -0.834. The molecule has 100 valence electrons. The summed E-state index contributed by atoms with van der Waals surface area (Å²) in [5, 5.41) is 15.6. The molecule has 5 heteroatoms. The molecule has 0 bridgehead atoms. The molecule has 1 aromatic heterocycles. The van der Waals surface area contributed by atoms with Crippen molar-refractivity contribution in [2.75, 3.05) is 5.73 Å². The summed E-state index contributed by atoms with van der Waals surface area (Å²) < 4.78 is 0. The largest absolute Gasteiger partial charge is 0.481 e. The van der Waals surface area contributed by atoms with Crippen molar-refractivity contribution < 1.29 is 9.90 Å². The van der Waals surface area contributed by atoms with Gasteiger partial charge in [0.2, 0.25) is 0 Å². The summed E-state index contributed by atoms with van der Waals surface area (Å²) in [5.41, 5.74) is 10.8. The van der Waals surface area contributed by atoms with Gasteiger partial charge in [-0.2, -0.15) is 5.10 Å². The number of nitrogens with zero attached hydrogens (tertiary/aromatic N) is 1. The smallest absolute Gasteiger partial charge is 0.303 e. The molecular formula is C14H17N3O2. The number of aromatic nitrogens is 2. The number of carboxylic acid groups (broad SMARTS) is 1. The van der Waals surface area contributed by atoms with Crippen LogP contribution in [-0.4, -0.2) is 21.3 Å². The molecule has 0 atom stereocenters. The first-order chi connectivity index (χ1) is 8.99. The fourth-order valence-corrected chi connectivity index (χ4v) is 2.20. The second-order valence-corrected chi connectivity index (χ2v) is 4.67. The van der Waals surface area contributed by atoms with Crippen LogP contribution < -0.4 is 5.73 Å². The lowest BCUT2D eigenvalue weighted by atomic mass is 9.97. The summed E-state index contributed by atoms with van der Waals surface area (Å²) in [4.78, 5) is 10.7. The maximum atomic E-state index is 10.7. The van der Waals surface area contributed by atoms with Crippen molar-refractivity contribution in [3.05, 3.63) is 35.0 Å². The number of nitrogens with one attached hydrogen (secondary N) is 1. The third-order valence-electron chi connectivity index (χ3n) is 3.11. The van der Waals surface area contributed by atoms with Crippen molar-refractivity contribution in [1.29, 1.82) is 0 Å². The molecule has 4 N–H and O–H groups in total. The van der Waals surface area contributed by atoms with Gasteiger partial charge in [-0.05, 0) is 25.0 Å². The summed E-state index contributed by atoms with van der Waals surface area (Å²) in [6.45, 7) is 4.04.